The van der Waals surface area contributed by atoms with Gasteiger partial charge in [-0.3, -0.25) is 39.8 Å². The Morgan fingerprint density at radius 2 is 0.899 bits per heavy atom. The monoisotopic (exact) mass is 1210 g/mol. The first-order valence-electron chi connectivity index (χ1n) is 30.9. The number of hydrogen-bond donors (Lipinski definition) is 4. The summed E-state index contributed by atoms with van der Waals surface area (Å²) in [6.45, 7) is 30.2. The first kappa shape index (κ1) is 63.9. The molecular weight excluding hydrogens is 1120 g/mol. The first-order valence-corrected chi connectivity index (χ1v) is 30.9. The van der Waals surface area contributed by atoms with Crippen LogP contribution in [0.25, 0.3) is 24.3 Å². The summed E-state index contributed by atoms with van der Waals surface area (Å²) in [4.78, 5) is 83.5. The molecule has 0 radical (unpaired) electrons. The van der Waals surface area contributed by atoms with Crippen molar-refractivity contribution in [3.63, 3.8) is 0 Å². The molecule has 17 heteroatoms. The Labute approximate surface area is 521 Å². The number of aliphatic imine (C=N–C) groups is 4. The van der Waals surface area contributed by atoms with Gasteiger partial charge < -0.3 is 33.7 Å². The van der Waals surface area contributed by atoms with Crippen molar-refractivity contribution in [1.29, 1.82) is 0 Å². The number of aromatic amines is 2. The molecule has 17 nitrogen and oxygen atoms in total. The maximum Gasteiger partial charge on any atom is 0.305 e. The molecule has 0 fully saturated rings. The van der Waals surface area contributed by atoms with Crippen LogP contribution in [0.2, 0.25) is 0 Å². The van der Waals surface area contributed by atoms with Gasteiger partial charge in [-0.1, -0.05) is 39.2 Å². The maximum atomic E-state index is 13.8. The fourth-order valence-corrected chi connectivity index (χ4v) is 16.3. The molecule has 16 bridgehead atoms. The molecule has 10 heterocycles. The average molecular weight is 1210 g/mol. The van der Waals surface area contributed by atoms with Crippen LogP contribution in [0.3, 0.4) is 0 Å². The summed E-state index contributed by atoms with van der Waals surface area (Å²) in [6, 6.07) is 8.03. The fourth-order valence-electron chi connectivity index (χ4n) is 16.3. The van der Waals surface area contributed by atoms with Gasteiger partial charge in [-0.15, -0.1) is 0 Å². The molecule has 0 amide bonds. The Bertz CT molecular complexity index is 3780. The summed E-state index contributed by atoms with van der Waals surface area (Å²) in [5.41, 5.74) is 5.05. The van der Waals surface area contributed by atoms with Gasteiger partial charge >= 0.3 is 23.9 Å². The summed E-state index contributed by atoms with van der Waals surface area (Å²) in [7, 11) is 5.57. The van der Waals surface area contributed by atoms with Crippen molar-refractivity contribution in [3.05, 3.63) is 163 Å². The zero-order valence-corrected chi connectivity index (χ0v) is 54.1. The smallest absolute Gasteiger partial charge is 0.305 e. The molecule has 0 saturated heterocycles. The Morgan fingerprint density at radius 3 is 1.25 bits per heavy atom. The molecule has 2 aromatic heterocycles. The quantitative estimate of drug-likeness (QED) is 0.0826. The molecule has 468 valence electrons. The number of hydrogen-bond acceptors (Lipinski definition) is 15. The lowest BCUT2D eigenvalue weighted by Gasteiger charge is -2.54. The number of nitrogens with zero attached hydrogens (tertiary/aromatic N) is 4. The van der Waals surface area contributed by atoms with E-state index in [0.717, 1.165) is 88.8 Å². The van der Waals surface area contributed by atoms with E-state index in [2.05, 4.69) is 101 Å². The van der Waals surface area contributed by atoms with Crippen LogP contribution in [-0.4, -0.2) is 131 Å². The number of fused-ring (bicyclic) bond motifs is 12. The van der Waals surface area contributed by atoms with Crippen LogP contribution in [0.15, 0.2) is 162 Å². The van der Waals surface area contributed by atoms with Gasteiger partial charge in [0.1, 0.15) is 0 Å². The lowest BCUT2D eigenvalue weighted by Crippen LogP contribution is -2.69. The highest BCUT2D eigenvalue weighted by molar-refractivity contribution is 6.23. The second kappa shape index (κ2) is 24.3. The number of ether oxygens (including phenoxy) is 5. The van der Waals surface area contributed by atoms with E-state index in [1.807, 2.05) is 98.9 Å². The molecule has 0 aromatic carbocycles. The van der Waals surface area contributed by atoms with Gasteiger partial charge in [-0.05, 0) is 211 Å². The van der Waals surface area contributed by atoms with Gasteiger partial charge in [0, 0.05) is 58.9 Å². The molecular formula is C72H86N8O9. The standard InChI is InChI=1S/C72H86N8O9/c1-17-57-43(5)71(45(7)69(33-31-65(83)87-15)59(27-29-63(81)85-13)41(3)61(77-69)37-53-21-19-49(73-53)35-51-23-25-55(75-51)39-67(57,11)79-71)47(9)89-48(10)72-44(6)58(18-2)68(12,80-72)40-56-26-24-52(76-56)36-50-20-22-54(74-50)38-62-42(4)60(28-30-64(82)86-14)70(78-62,46(72)8)34-32-66(84)88-16/h17-26,35-40,45-48,73-74,79-80H,1-2,27-34H2,3-16H3. The molecule has 0 spiro atoms. The number of carbonyl (C=O) groups is 4. The molecule has 10 rings (SSSR count). The third kappa shape index (κ3) is 11.0. The van der Waals surface area contributed by atoms with Crippen molar-refractivity contribution >= 4 is 71.0 Å². The summed E-state index contributed by atoms with van der Waals surface area (Å²) in [5.74, 6) is -2.71. The van der Waals surface area contributed by atoms with Gasteiger partial charge in [0.05, 0.1) is 108 Å². The van der Waals surface area contributed by atoms with Crippen LogP contribution in [0.4, 0.5) is 0 Å². The number of rotatable bonds is 18. The number of esters is 4. The minimum absolute atomic E-state index is 0.00616. The minimum Gasteiger partial charge on any atom is -0.469 e. The first-order chi connectivity index (χ1) is 42.3. The van der Waals surface area contributed by atoms with Crippen LogP contribution in [0.5, 0.6) is 0 Å². The second-order valence-corrected chi connectivity index (χ2v) is 25.3. The van der Waals surface area contributed by atoms with Crippen molar-refractivity contribution < 1.29 is 42.9 Å². The number of H-pyrrole nitrogens is 2. The third-order valence-electron chi connectivity index (χ3n) is 20.7. The Morgan fingerprint density at radius 1 is 0.551 bits per heavy atom. The lowest BCUT2D eigenvalue weighted by atomic mass is 9.61. The zero-order chi connectivity index (χ0) is 64.2. The molecule has 0 aliphatic carbocycles. The molecule has 8 aliphatic heterocycles. The van der Waals surface area contributed by atoms with E-state index >= 15 is 0 Å². The minimum atomic E-state index is -1.18. The fraction of sp³-hybridized carbons (Fsp3) is 0.444. The number of allylic oxidation sites excluding steroid dienone is 6. The van der Waals surface area contributed by atoms with E-state index in [-0.39, 0.29) is 63.3 Å². The summed E-state index contributed by atoms with van der Waals surface area (Å²) < 4.78 is 29.6. The highest BCUT2D eigenvalue weighted by atomic mass is 16.5. The van der Waals surface area contributed by atoms with Crippen molar-refractivity contribution in [3.8, 4) is 0 Å². The van der Waals surface area contributed by atoms with E-state index < -0.39 is 69.2 Å². The molecule has 10 unspecified atom stereocenters. The van der Waals surface area contributed by atoms with E-state index in [1.54, 1.807) is 0 Å². The van der Waals surface area contributed by atoms with Crippen LogP contribution in [-0.2, 0) is 42.9 Å². The lowest BCUT2D eigenvalue weighted by molar-refractivity contribution is -0.142. The zero-order valence-electron chi connectivity index (χ0n) is 54.1. The summed E-state index contributed by atoms with van der Waals surface area (Å²) in [6.07, 6.45) is 23.8. The molecule has 0 saturated carbocycles. The topological polar surface area (TPSA) is 220 Å². The number of aromatic nitrogens is 2. The van der Waals surface area contributed by atoms with E-state index in [0.29, 0.717) is 11.4 Å². The summed E-state index contributed by atoms with van der Waals surface area (Å²) in [5, 5.41) is 11.9. The van der Waals surface area contributed by atoms with Crippen LogP contribution < -0.4 is 32.0 Å². The second-order valence-electron chi connectivity index (χ2n) is 25.3. The largest absolute Gasteiger partial charge is 0.469 e. The van der Waals surface area contributed by atoms with Gasteiger partial charge in [0.15, 0.2) is 0 Å². The Kier molecular flexibility index (Phi) is 17.5. The molecule has 8 aliphatic rings. The molecule has 89 heavy (non-hydrogen) atoms. The predicted molar refractivity (Wildman–Crippen MR) is 351 cm³/mol. The van der Waals surface area contributed by atoms with Crippen LogP contribution in [0, 0.1) is 11.8 Å². The van der Waals surface area contributed by atoms with Gasteiger partial charge in [-0.2, -0.15) is 0 Å². The highest BCUT2D eigenvalue weighted by Gasteiger charge is 2.65. The Balaban J connectivity index is 1.24. The summed E-state index contributed by atoms with van der Waals surface area (Å²) >= 11 is 0. The van der Waals surface area contributed by atoms with Crippen molar-refractivity contribution in [1.82, 2.24) is 20.6 Å². The van der Waals surface area contributed by atoms with Crippen molar-refractivity contribution in [2.24, 2.45) is 31.8 Å². The SMILES string of the molecule is C=CC1=C(C)C2(C(C)OC(C)C34NC(C)(C=C5C=CC(=N5)C=c5ccc([nH]5)=CC5=NC(CCC(=O)OC)(C(CCC(=O)OC)=C5C)C3C)C(C=C)=C4C)NC1(C)C=C1C=CC(=N1)C=c1ccc([nH]1)=CC1=NC(CCC(=O)OC)(C(CCC(=O)OC)=C1C)C2C. The molecule has 2 aromatic rings. The third-order valence-corrected chi connectivity index (χ3v) is 20.7. The average Bonchev–Trinajstić information content (AvgIpc) is 1.58. The molecule has 10 atom stereocenters. The van der Waals surface area contributed by atoms with E-state index in [1.165, 1.54) is 28.4 Å². The predicted octanol–water partition coefficient (Wildman–Crippen LogP) is 8.09. The van der Waals surface area contributed by atoms with Gasteiger partial charge in [0.2, 0.25) is 0 Å². The van der Waals surface area contributed by atoms with E-state index in [9.17, 15) is 19.2 Å². The Hall–Kier alpha value is -8.12. The van der Waals surface area contributed by atoms with Crippen LogP contribution in [0.1, 0.15) is 121 Å². The van der Waals surface area contributed by atoms with Crippen molar-refractivity contribution in [2.45, 2.75) is 166 Å². The van der Waals surface area contributed by atoms with E-state index in [4.69, 9.17) is 43.7 Å². The normalized spacial score (nSPS) is 29.8. The highest BCUT2D eigenvalue weighted by Crippen LogP contribution is 2.58. The van der Waals surface area contributed by atoms with Gasteiger partial charge in [-0.25, -0.2) is 9.98 Å². The number of methoxy groups -OCH3 is 4. The van der Waals surface area contributed by atoms with Crippen LogP contribution >= 0.6 is 0 Å². The number of nitrogens with one attached hydrogen (secondary N) is 4. The number of carbonyl (C=O) groups excluding carboxylic acids is 4. The van der Waals surface area contributed by atoms with Gasteiger partial charge in [0.25, 0.3) is 0 Å². The molecule has 4 N–H and O–H groups in total. The maximum absolute atomic E-state index is 13.8. The van der Waals surface area contributed by atoms with Crippen molar-refractivity contribution in [2.75, 3.05) is 28.4 Å².